The van der Waals surface area contributed by atoms with Gasteiger partial charge in [-0.3, -0.25) is 4.90 Å². The van der Waals surface area contributed by atoms with E-state index in [-0.39, 0.29) is 0 Å². The van der Waals surface area contributed by atoms with Crippen LogP contribution in [0.2, 0.25) is 0 Å². The van der Waals surface area contributed by atoms with Crippen LogP contribution in [-0.4, -0.2) is 53.3 Å². The second-order valence-corrected chi connectivity index (χ2v) is 5.98. The minimum Gasteiger partial charge on any atom is -0.379 e. The van der Waals surface area contributed by atoms with Gasteiger partial charge in [0.05, 0.1) is 18.9 Å². The molecule has 3 rings (SSSR count). The van der Waals surface area contributed by atoms with Gasteiger partial charge in [0.2, 0.25) is 5.95 Å². The number of aromatic nitrogens is 2. The third kappa shape index (κ3) is 3.52. The normalized spacial score (nSPS) is 21.4. The Hall–Kier alpha value is -1.07. The topological polar surface area (TPSA) is 42.3 Å². The number of morpholine rings is 1. The molecule has 1 aliphatic carbocycles. The molecule has 0 amide bonds. The van der Waals surface area contributed by atoms with Crippen LogP contribution in [0.15, 0.2) is 6.20 Å². The monoisotopic (exact) mass is 278 g/mol. The SMILES string of the molecule is Cc1cn(CCN2CCOCC2)c(NC2CCCC2)n1. The standard InChI is InChI=1S/C15H26N4O/c1-13-12-19(7-6-18-8-10-20-11-9-18)15(16-13)17-14-4-2-3-5-14/h12,14H,2-11H2,1H3,(H,16,17). The highest BCUT2D eigenvalue weighted by Gasteiger charge is 2.17. The number of hydrogen-bond acceptors (Lipinski definition) is 4. The maximum absolute atomic E-state index is 5.40. The second kappa shape index (κ2) is 6.59. The van der Waals surface area contributed by atoms with Crippen molar-refractivity contribution in [3.05, 3.63) is 11.9 Å². The lowest BCUT2D eigenvalue weighted by molar-refractivity contribution is 0.0364. The van der Waals surface area contributed by atoms with E-state index in [1.54, 1.807) is 0 Å². The van der Waals surface area contributed by atoms with Crippen molar-refractivity contribution in [2.45, 2.75) is 45.2 Å². The zero-order chi connectivity index (χ0) is 13.8. The zero-order valence-corrected chi connectivity index (χ0v) is 12.5. The molecule has 0 unspecified atom stereocenters. The quantitative estimate of drug-likeness (QED) is 0.893. The minimum absolute atomic E-state index is 0.624. The highest BCUT2D eigenvalue weighted by atomic mass is 16.5. The summed E-state index contributed by atoms with van der Waals surface area (Å²) < 4.78 is 7.68. The number of hydrogen-bond donors (Lipinski definition) is 1. The first-order chi connectivity index (χ1) is 9.81. The lowest BCUT2D eigenvalue weighted by atomic mass is 10.2. The third-order valence-electron chi connectivity index (χ3n) is 4.35. The fourth-order valence-corrected chi connectivity index (χ4v) is 3.16. The molecule has 2 fully saturated rings. The van der Waals surface area contributed by atoms with Crippen molar-refractivity contribution in [1.29, 1.82) is 0 Å². The Labute approximate surface area is 121 Å². The van der Waals surface area contributed by atoms with Crippen molar-refractivity contribution in [2.75, 3.05) is 38.2 Å². The first-order valence-corrected chi connectivity index (χ1v) is 7.92. The molecule has 1 aromatic rings. The maximum atomic E-state index is 5.40. The van der Waals surface area contributed by atoms with Crippen molar-refractivity contribution in [2.24, 2.45) is 0 Å². The Morgan fingerprint density at radius 2 is 2.00 bits per heavy atom. The Kier molecular flexibility index (Phi) is 4.58. The van der Waals surface area contributed by atoms with E-state index >= 15 is 0 Å². The van der Waals surface area contributed by atoms with Crippen molar-refractivity contribution in [3.63, 3.8) is 0 Å². The van der Waals surface area contributed by atoms with Crippen molar-refractivity contribution >= 4 is 5.95 Å². The predicted octanol–water partition coefficient (Wildman–Crippen LogP) is 1.88. The largest absolute Gasteiger partial charge is 0.379 e. The minimum atomic E-state index is 0.624. The Balaban J connectivity index is 1.56. The molecule has 1 N–H and O–H groups in total. The molecule has 0 atom stereocenters. The number of ether oxygens (including phenoxy) is 1. The number of imidazole rings is 1. The van der Waals surface area contributed by atoms with Gasteiger partial charge in [0.25, 0.3) is 0 Å². The van der Waals surface area contributed by atoms with Gasteiger partial charge in [-0.2, -0.15) is 0 Å². The molecular formula is C15H26N4O. The van der Waals surface area contributed by atoms with E-state index in [9.17, 15) is 0 Å². The average molecular weight is 278 g/mol. The van der Waals surface area contributed by atoms with Gasteiger partial charge in [0.1, 0.15) is 0 Å². The molecule has 1 aromatic heterocycles. The number of nitrogens with zero attached hydrogens (tertiary/aromatic N) is 3. The molecule has 0 aromatic carbocycles. The molecule has 0 bridgehead atoms. The van der Waals surface area contributed by atoms with E-state index in [0.717, 1.165) is 51.0 Å². The zero-order valence-electron chi connectivity index (χ0n) is 12.5. The smallest absolute Gasteiger partial charge is 0.203 e. The van der Waals surface area contributed by atoms with Gasteiger partial charge in [0, 0.05) is 38.4 Å². The fourth-order valence-electron chi connectivity index (χ4n) is 3.16. The van der Waals surface area contributed by atoms with Gasteiger partial charge in [-0.05, 0) is 19.8 Å². The van der Waals surface area contributed by atoms with Gasteiger partial charge >= 0.3 is 0 Å². The summed E-state index contributed by atoms with van der Waals surface area (Å²) in [6.07, 6.45) is 7.44. The van der Waals surface area contributed by atoms with E-state index < -0.39 is 0 Å². The van der Waals surface area contributed by atoms with Crippen LogP contribution in [0, 0.1) is 6.92 Å². The summed E-state index contributed by atoms with van der Waals surface area (Å²) in [5, 5.41) is 3.63. The van der Waals surface area contributed by atoms with Crippen LogP contribution in [0.4, 0.5) is 5.95 Å². The molecule has 1 aliphatic heterocycles. The van der Waals surface area contributed by atoms with Crippen molar-refractivity contribution in [1.82, 2.24) is 14.5 Å². The second-order valence-electron chi connectivity index (χ2n) is 5.98. The first kappa shape index (κ1) is 13.9. The van der Waals surface area contributed by atoms with Crippen LogP contribution in [0.5, 0.6) is 0 Å². The molecule has 112 valence electrons. The molecule has 1 saturated heterocycles. The molecule has 0 radical (unpaired) electrons. The van der Waals surface area contributed by atoms with Crippen LogP contribution < -0.4 is 5.32 Å². The van der Waals surface area contributed by atoms with Crippen LogP contribution in [0.25, 0.3) is 0 Å². The lowest BCUT2D eigenvalue weighted by Gasteiger charge is -2.27. The summed E-state index contributed by atoms with van der Waals surface area (Å²) in [4.78, 5) is 7.12. The van der Waals surface area contributed by atoms with Crippen LogP contribution >= 0.6 is 0 Å². The molecule has 5 nitrogen and oxygen atoms in total. The number of rotatable bonds is 5. The molecule has 1 saturated carbocycles. The number of anilines is 1. The highest BCUT2D eigenvalue weighted by molar-refractivity contribution is 5.30. The maximum Gasteiger partial charge on any atom is 0.203 e. The summed E-state index contributed by atoms with van der Waals surface area (Å²) in [6, 6.07) is 0.624. The van der Waals surface area contributed by atoms with Crippen LogP contribution in [0.3, 0.4) is 0 Å². The molecule has 5 heteroatoms. The van der Waals surface area contributed by atoms with E-state index in [2.05, 4.69) is 32.9 Å². The summed E-state index contributed by atoms with van der Waals surface area (Å²) in [7, 11) is 0. The van der Waals surface area contributed by atoms with Crippen molar-refractivity contribution in [3.8, 4) is 0 Å². The molecule has 0 spiro atoms. The number of aryl methyl sites for hydroxylation is 1. The summed E-state index contributed by atoms with van der Waals surface area (Å²) in [5.74, 6) is 1.06. The lowest BCUT2D eigenvalue weighted by Crippen LogP contribution is -2.38. The predicted molar refractivity (Wildman–Crippen MR) is 80.1 cm³/mol. The van der Waals surface area contributed by atoms with Gasteiger partial charge in [-0.25, -0.2) is 4.98 Å². The summed E-state index contributed by atoms with van der Waals surface area (Å²) >= 11 is 0. The fraction of sp³-hybridized carbons (Fsp3) is 0.800. The van der Waals surface area contributed by atoms with Crippen LogP contribution in [0.1, 0.15) is 31.4 Å². The summed E-state index contributed by atoms with van der Waals surface area (Å²) in [5.41, 5.74) is 1.10. The van der Waals surface area contributed by atoms with Gasteiger partial charge in [-0.15, -0.1) is 0 Å². The Morgan fingerprint density at radius 3 is 2.75 bits per heavy atom. The molecule has 20 heavy (non-hydrogen) atoms. The van der Waals surface area contributed by atoms with Crippen molar-refractivity contribution < 1.29 is 4.74 Å². The number of nitrogens with one attached hydrogen (secondary N) is 1. The third-order valence-corrected chi connectivity index (χ3v) is 4.35. The Bertz CT molecular complexity index is 420. The van der Waals surface area contributed by atoms with E-state index in [0.29, 0.717) is 6.04 Å². The van der Waals surface area contributed by atoms with E-state index in [4.69, 9.17) is 4.74 Å². The van der Waals surface area contributed by atoms with E-state index in [1.165, 1.54) is 25.7 Å². The molecule has 2 heterocycles. The average Bonchev–Trinajstić information content (AvgIpc) is 3.08. The molecule has 2 aliphatic rings. The highest BCUT2D eigenvalue weighted by Crippen LogP contribution is 2.22. The van der Waals surface area contributed by atoms with Crippen LogP contribution in [-0.2, 0) is 11.3 Å². The van der Waals surface area contributed by atoms with E-state index in [1.807, 2.05) is 0 Å². The first-order valence-electron chi connectivity index (χ1n) is 7.92. The van der Waals surface area contributed by atoms with Gasteiger partial charge < -0.3 is 14.6 Å². The van der Waals surface area contributed by atoms with Gasteiger partial charge in [-0.1, -0.05) is 12.8 Å². The Morgan fingerprint density at radius 1 is 1.25 bits per heavy atom. The van der Waals surface area contributed by atoms with Gasteiger partial charge in [0.15, 0.2) is 0 Å². The summed E-state index contributed by atoms with van der Waals surface area (Å²) in [6.45, 7) is 8.02. The molecular weight excluding hydrogens is 252 g/mol.